The summed E-state index contributed by atoms with van der Waals surface area (Å²) in [5.74, 6) is 0.535. The van der Waals surface area contributed by atoms with Gasteiger partial charge in [-0.15, -0.1) is 0 Å². The van der Waals surface area contributed by atoms with E-state index in [0.717, 1.165) is 26.0 Å². The highest BCUT2D eigenvalue weighted by Crippen LogP contribution is 2.12. The molecule has 2 heteroatoms. The van der Waals surface area contributed by atoms with Crippen LogP contribution in [0, 0.1) is 12.8 Å². The Labute approximate surface area is 92.4 Å². The highest BCUT2D eigenvalue weighted by Gasteiger charge is 2.07. The monoisotopic (exact) mass is 207 g/mol. The smallest absolute Gasteiger partial charge is 0.0465 e. The first kappa shape index (κ1) is 12.2. The van der Waals surface area contributed by atoms with E-state index < -0.39 is 0 Å². The summed E-state index contributed by atoms with van der Waals surface area (Å²) in [5.41, 5.74) is 8.41. The summed E-state index contributed by atoms with van der Waals surface area (Å²) in [6.45, 7) is 3.64. The van der Waals surface area contributed by atoms with Crippen molar-refractivity contribution in [1.29, 1.82) is 0 Å². The second-order valence-electron chi connectivity index (χ2n) is 4.07. The molecular formula is C13H21NO. The topological polar surface area (TPSA) is 35.2 Å². The second-order valence-corrected chi connectivity index (χ2v) is 4.07. The fourth-order valence-electron chi connectivity index (χ4n) is 1.65. The molecule has 0 saturated heterocycles. The standard InChI is InChI=1S/C13H21NO/c1-11-3-5-12(6-4-11)9-13(10-14)7-8-15-2/h3-6,13H,7-10,14H2,1-2H3. The predicted molar refractivity (Wildman–Crippen MR) is 63.9 cm³/mol. The lowest BCUT2D eigenvalue weighted by molar-refractivity contribution is 0.178. The highest BCUT2D eigenvalue weighted by atomic mass is 16.5. The average Bonchev–Trinajstić information content (AvgIpc) is 2.27. The zero-order valence-electron chi connectivity index (χ0n) is 9.70. The summed E-state index contributed by atoms with van der Waals surface area (Å²) < 4.78 is 5.08. The van der Waals surface area contributed by atoms with E-state index >= 15 is 0 Å². The molecule has 0 amide bonds. The number of hydrogen-bond donors (Lipinski definition) is 1. The SMILES string of the molecule is COCCC(CN)Cc1ccc(C)cc1. The van der Waals surface area contributed by atoms with Crippen molar-refractivity contribution < 1.29 is 4.74 Å². The minimum Gasteiger partial charge on any atom is -0.385 e. The van der Waals surface area contributed by atoms with Crippen molar-refractivity contribution >= 4 is 0 Å². The summed E-state index contributed by atoms with van der Waals surface area (Å²) in [4.78, 5) is 0. The summed E-state index contributed by atoms with van der Waals surface area (Å²) in [6.07, 6.45) is 2.10. The minimum atomic E-state index is 0.535. The number of methoxy groups -OCH3 is 1. The van der Waals surface area contributed by atoms with Crippen LogP contribution in [0.2, 0.25) is 0 Å². The second kappa shape index (κ2) is 6.59. The number of ether oxygens (including phenoxy) is 1. The molecule has 0 bridgehead atoms. The van der Waals surface area contributed by atoms with E-state index in [0.29, 0.717) is 5.92 Å². The van der Waals surface area contributed by atoms with Gasteiger partial charge in [0.05, 0.1) is 0 Å². The molecule has 0 aliphatic heterocycles. The fourth-order valence-corrected chi connectivity index (χ4v) is 1.65. The van der Waals surface area contributed by atoms with Gasteiger partial charge < -0.3 is 10.5 Å². The normalized spacial score (nSPS) is 12.7. The van der Waals surface area contributed by atoms with E-state index in [9.17, 15) is 0 Å². The molecule has 1 aromatic rings. The minimum absolute atomic E-state index is 0.535. The zero-order chi connectivity index (χ0) is 11.1. The predicted octanol–water partition coefficient (Wildman–Crippen LogP) is 2.15. The van der Waals surface area contributed by atoms with Gasteiger partial charge in [0.1, 0.15) is 0 Å². The van der Waals surface area contributed by atoms with E-state index in [2.05, 4.69) is 31.2 Å². The molecule has 0 saturated carbocycles. The molecule has 0 aromatic heterocycles. The van der Waals surface area contributed by atoms with E-state index in [1.807, 2.05) is 0 Å². The Morgan fingerprint density at radius 2 is 1.93 bits per heavy atom. The van der Waals surface area contributed by atoms with Gasteiger partial charge in [-0.1, -0.05) is 29.8 Å². The Morgan fingerprint density at radius 1 is 1.27 bits per heavy atom. The van der Waals surface area contributed by atoms with Gasteiger partial charge in [-0.05, 0) is 37.8 Å². The average molecular weight is 207 g/mol. The van der Waals surface area contributed by atoms with Crippen LogP contribution in [-0.2, 0) is 11.2 Å². The summed E-state index contributed by atoms with van der Waals surface area (Å²) >= 11 is 0. The van der Waals surface area contributed by atoms with Crippen molar-refractivity contribution in [3.63, 3.8) is 0 Å². The van der Waals surface area contributed by atoms with Gasteiger partial charge in [-0.3, -0.25) is 0 Å². The Hall–Kier alpha value is -0.860. The fraction of sp³-hybridized carbons (Fsp3) is 0.538. The molecule has 0 aliphatic rings. The summed E-state index contributed by atoms with van der Waals surface area (Å²) in [5, 5.41) is 0. The van der Waals surface area contributed by atoms with E-state index in [-0.39, 0.29) is 0 Å². The molecule has 15 heavy (non-hydrogen) atoms. The molecule has 2 N–H and O–H groups in total. The van der Waals surface area contributed by atoms with Crippen LogP contribution in [-0.4, -0.2) is 20.3 Å². The largest absolute Gasteiger partial charge is 0.385 e. The van der Waals surface area contributed by atoms with Gasteiger partial charge in [0.25, 0.3) is 0 Å². The highest BCUT2D eigenvalue weighted by molar-refractivity contribution is 5.21. The van der Waals surface area contributed by atoms with Crippen LogP contribution in [0.15, 0.2) is 24.3 Å². The molecular weight excluding hydrogens is 186 g/mol. The lowest BCUT2D eigenvalue weighted by atomic mass is 9.96. The quantitative estimate of drug-likeness (QED) is 0.775. The van der Waals surface area contributed by atoms with Crippen molar-refractivity contribution in [3.8, 4) is 0 Å². The van der Waals surface area contributed by atoms with Crippen molar-refractivity contribution in [3.05, 3.63) is 35.4 Å². The maximum absolute atomic E-state index is 5.74. The Bertz CT molecular complexity index is 268. The van der Waals surface area contributed by atoms with E-state index in [1.165, 1.54) is 11.1 Å². The van der Waals surface area contributed by atoms with Crippen LogP contribution in [0.25, 0.3) is 0 Å². The third-order valence-electron chi connectivity index (χ3n) is 2.71. The van der Waals surface area contributed by atoms with Gasteiger partial charge >= 0.3 is 0 Å². The van der Waals surface area contributed by atoms with Gasteiger partial charge in [-0.2, -0.15) is 0 Å². The van der Waals surface area contributed by atoms with Gasteiger partial charge in [0.2, 0.25) is 0 Å². The van der Waals surface area contributed by atoms with Gasteiger partial charge in [0.15, 0.2) is 0 Å². The van der Waals surface area contributed by atoms with Crippen LogP contribution < -0.4 is 5.73 Å². The van der Waals surface area contributed by atoms with Crippen molar-refractivity contribution in [1.82, 2.24) is 0 Å². The van der Waals surface area contributed by atoms with Crippen LogP contribution in [0.1, 0.15) is 17.5 Å². The molecule has 1 atom stereocenters. The molecule has 0 fully saturated rings. The first-order chi connectivity index (χ1) is 7.26. The zero-order valence-corrected chi connectivity index (χ0v) is 9.70. The molecule has 2 nitrogen and oxygen atoms in total. The maximum Gasteiger partial charge on any atom is 0.0465 e. The molecule has 0 radical (unpaired) electrons. The van der Waals surface area contributed by atoms with Crippen molar-refractivity contribution in [2.24, 2.45) is 11.7 Å². The summed E-state index contributed by atoms with van der Waals surface area (Å²) in [6, 6.07) is 8.67. The van der Waals surface area contributed by atoms with E-state index in [4.69, 9.17) is 10.5 Å². The Morgan fingerprint density at radius 3 is 2.47 bits per heavy atom. The van der Waals surface area contributed by atoms with E-state index in [1.54, 1.807) is 7.11 Å². The third-order valence-corrected chi connectivity index (χ3v) is 2.71. The first-order valence-electron chi connectivity index (χ1n) is 5.50. The Balaban J connectivity index is 2.47. The molecule has 0 aliphatic carbocycles. The summed E-state index contributed by atoms with van der Waals surface area (Å²) in [7, 11) is 1.74. The van der Waals surface area contributed by atoms with Crippen molar-refractivity contribution in [2.75, 3.05) is 20.3 Å². The molecule has 1 aromatic carbocycles. The number of benzene rings is 1. The third kappa shape index (κ3) is 4.45. The molecule has 0 spiro atoms. The molecule has 1 unspecified atom stereocenters. The van der Waals surface area contributed by atoms with Crippen LogP contribution in [0.5, 0.6) is 0 Å². The number of aryl methyl sites for hydroxylation is 1. The molecule has 1 rings (SSSR count). The Kier molecular flexibility index (Phi) is 5.37. The number of nitrogens with two attached hydrogens (primary N) is 1. The lowest BCUT2D eigenvalue weighted by Gasteiger charge is -2.14. The molecule has 0 heterocycles. The van der Waals surface area contributed by atoms with Gasteiger partial charge in [-0.25, -0.2) is 0 Å². The van der Waals surface area contributed by atoms with Crippen LogP contribution in [0.4, 0.5) is 0 Å². The number of hydrogen-bond acceptors (Lipinski definition) is 2. The first-order valence-corrected chi connectivity index (χ1v) is 5.50. The molecule has 84 valence electrons. The maximum atomic E-state index is 5.74. The van der Waals surface area contributed by atoms with Crippen molar-refractivity contribution in [2.45, 2.75) is 19.8 Å². The lowest BCUT2D eigenvalue weighted by Crippen LogP contribution is -2.18. The van der Waals surface area contributed by atoms with Gasteiger partial charge in [0, 0.05) is 13.7 Å². The van der Waals surface area contributed by atoms with Crippen LogP contribution in [0.3, 0.4) is 0 Å². The number of rotatable bonds is 6. The van der Waals surface area contributed by atoms with Crippen LogP contribution >= 0.6 is 0 Å².